The van der Waals surface area contributed by atoms with E-state index in [-0.39, 0.29) is 0 Å². The van der Waals surface area contributed by atoms with Crippen molar-refractivity contribution in [2.45, 2.75) is 18.9 Å². The van der Waals surface area contributed by atoms with Gasteiger partial charge in [-0.25, -0.2) is 0 Å². The van der Waals surface area contributed by atoms with E-state index in [1.165, 1.54) is 23.9 Å². The zero-order valence-electron chi connectivity index (χ0n) is 10.6. The smallest absolute Gasteiger partial charge is 0.0945 e. The molecule has 4 rings (SSSR count). The number of hydrogen-bond donors (Lipinski definition) is 3. The first kappa shape index (κ1) is 10.8. The third-order valence-electron chi connectivity index (χ3n) is 3.90. The monoisotopic (exact) mass is 252 g/mol. The van der Waals surface area contributed by atoms with Crippen molar-refractivity contribution in [1.82, 2.24) is 20.5 Å². The molecule has 96 valence electrons. The Kier molecular flexibility index (Phi) is 2.42. The Bertz CT molecular complexity index is 704. The first-order chi connectivity index (χ1) is 9.42. The highest BCUT2D eigenvalue weighted by Crippen LogP contribution is 2.30. The van der Waals surface area contributed by atoms with E-state index in [1.54, 1.807) is 0 Å². The molecule has 0 aliphatic carbocycles. The van der Waals surface area contributed by atoms with Gasteiger partial charge in [-0.05, 0) is 31.5 Å². The number of nitrogens with zero attached hydrogens (tertiary/aromatic N) is 1. The Morgan fingerprint density at radius 1 is 1.21 bits per heavy atom. The molecule has 1 aliphatic heterocycles. The SMILES string of the molecule is c1ccc2c(-c3cc(C4CCCN4)[nH]n3)c[nH]c2c1. The van der Waals surface area contributed by atoms with Gasteiger partial charge in [-0.1, -0.05) is 18.2 Å². The quantitative estimate of drug-likeness (QED) is 0.656. The van der Waals surface area contributed by atoms with Crippen LogP contribution in [0.4, 0.5) is 0 Å². The molecule has 1 aliphatic rings. The van der Waals surface area contributed by atoms with Crippen LogP contribution in [0.5, 0.6) is 0 Å². The minimum atomic E-state index is 0.437. The van der Waals surface area contributed by atoms with Crippen molar-refractivity contribution >= 4 is 10.9 Å². The number of aromatic amines is 2. The first-order valence-electron chi connectivity index (χ1n) is 6.77. The number of benzene rings is 1. The maximum absolute atomic E-state index is 4.47. The van der Waals surface area contributed by atoms with E-state index < -0.39 is 0 Å². The van der Waals surface area contributed by atoms with Crippen LogP contribution < -0.4 is 5.32 Å². The Labute approximate surface area is 111 Å². The molecule has 3 N–H and O–H groups in total. The molecule has 4 heteroatoms. The number of nitrogens with one attached hydrogen (secondary N) is 3. The molecule has 0 bridgehead atoms. The van der Waals surface area contributed by atoms with Crippen LogP contribution in [0.3, 0.4) is 0 Å². The summed E-state index contributed by atoms with van der Waals surface area (Å²) < 4.78 is 0. The second-order valence-electron chi connectivity index (χ2n) is 5.11. The third kappa shape index (κ3) is 1.76. The average molecular weight is 252 g/mol. The Morgan fingerprint density at radius 3 is 3.05 bits per heavy atom. The predicted octanol–water partition coefficient (Wildman–Crippen LogP) is 2.98. The number of aromatic nitrogens is 3. The molecule has 1 fully saturated rings. The Balaban J connectivity index is 1.76. The van der Waals surface area contributed by atoms with Gasteiger partial charge in [-0.3, -0.25) is 5.10 Å². The Morgan fingerprint density at radius 2 is 2.16 bits per heavy atom. The lowest BCUT2D eigenvalue weighted by atomic mass is 10.1. The van der Waals surface area contributed by atoms with E-state index in [2.05, 4.69) is 44.8 Å². The van der Waals surface area contributed by atoms with E-state index in [0.29, 0.717) is 6.04 Å². The van der Waals surface area contributed by atoms with Gasteiger partial charge in [0.05, 0.1) is 11.4 Å². The molecule has 1 atom stereocenters. The molecule has 0 spiro atoms. The van der Waals surface area contributed by atoms with Crippen molar-refractivity contribution < 1.29 is 0 Å². The summed E-state index contributed by atoms with van der Waals surface area (Å²) in [6, 6.07) is 10.9. The number of hydrogen-bond acceptors (Lipinski definition) is 2. The summed E-state index contributed by atoms with van der Waals surface area (Å²) >= 11 is 0. The maximum Gasteiger partial charge on any atom is 0.0945 e. The minimum Gasteiger partial charge on any atom is -0.360 e. The van der Waals surface area contributed by atoms with Gasteiger partial charge < -0.3 is 10.3 Å². The van der Waals surface area contributed by atoms with Gasteiger partial charge in [-0.2, -0.15) is 5.10 Å². The van der Waals surface area contributed by atoms with E-state index in [9.17, 15) is 0 Å². The summed E-state index contributed by atoms with van der Waals surface area (Å²) in [7, 11) is 0. The van der Waals surface area contributed by atoms with Gasteiger partial charge in [0.25, 0.3) is 0 Å². The van der Waals surface area contributed by atoms with Gasteiger partial charge >= 0.3 is 0 Å². The number of para-hydroxylation sites is 1. The minimum absolute atomic E-state index is 0.437. The summed E-state index contributed by atoms with van der Waals surface area (Å²) in [5.74, 6) is 0. The van der Waals surface area contributed by atoms with Gasteiger partial charge in [0.15, 0.2) is 0 Å². The molecule has 3 aromatic rings. The summed E-state index contributed by atoms with van der Waals surface area (Å²) in [6.07, 6.45) is 4.47. The average Bonchev–Trinajstić information content (AvgIpc) is 3.18. The molecular formula is C15H16N4. The second kappa shape index (κ2) is 4.24. The van der Waals surface area contributed by atoms with Gasteiger partial charge in [0.2, 0.25) is 0 Å². The second-order valence-corrected chi connectivity index (χ2v) is 5.11. The fourth-order valence-electron chi connectivity index (χ4n) is 2.89. The fourth-order valence-corrected chi connectivity index (χ4v) is 2.89. The molecule has 1 aromatic carbocycles. The highest BCUT2D eigenvalue weighted by atomic mass is 15.1. The van der Waals surface area contributed by atoms with Gasteiger partial charge in [0, 0.05) is 28.7 Å². The molecule has 1 unspecified atom stereocenters. The van der Waals surface area contributed by atoms with Crippen LogP contribution in [0.1, 0.15) is 24.6 Å². The zero-order valence-corrected chi connectivity index (χ0v) is 10.6. The predicted molar refractivity (Wildman–Crippen MR) is 75.9 cm³/mol. The maximum atomic E-state index is 4.47. The summed E-state index contributed by atoms with van der Waals surface area (Å²) in [5, 5.41) is 12.4. The van der Waals surface area contributed by atoms with Crippen LogP contribution in [-0.2, 0) is 0 Å². The number of H-pyrrole nitrogens is 2. The van der Waals surface area contributed by atoms with Crippen molar-refractivity contribution in [2.75, 3.05) is 6.54 Å². The Hall–Kier alpha value is -2.07. The molecule has 2 aromatic heterocycles. The van der Waals surface area contributed by atoms with Crippen molar-refractivity contribution in [3.63, 3.8) is 0 Å². The molecule has 3 heterocycles. The number of fused-ring (bicyclic) bond motifs is 1. The first-order valence-corrected chi connectivity index (χ1v) is 6.77. The van der Waals surface area contributed by atoms with Crippen molar-refractivity contribution in [3.8, 4) is 11.3 Å². The molecule has 19 heavy (non-hydrogen) atoms. The molecule has 1 saturated heterocycles. The lowest BCUT2D eigenvalue weighted by Gasteiger charge is -2.05. The fraction of sp³-hybridized carbons (Fsp3) is 0.267. The van der Waals surface area contributed by atoms with E-state index in [0.717, 1.165) is 23.3 Å². The summed E-state index contributed by atoms with van der Waals surface area (Å²) in [5.41, 5.74) is 4.52. The van der Waals surface area contributed by atoms with Crippen molar-refractivity contribution in [2.24, 2.45) is 0 Å². The molecule has 0 radical (unpaired) electrons. The lowest BCUT2D eigenvalue weighted by molar-refractivity contribution is 0.625. The molecule has 4 nitrogen and oxygen atoms in total. The molecule has 0 saturated carbocycles. The lowest BCUT2D eigenvalue weighted by Crippen LogP contribution is -2.12. The zero-order chi connectivity index (χ0) is 12.7. The van der Waals surface area contributed by atoms with E-state index in [4.69, 9.17) is 0 Å². The highest BCUT2D eigenvalue weighted by Gasteiger charge is 2.19. The highest BCUT2D eigenvalue weighted by molar-refractivity contribution is 5.94. The van der Waals surface area contributed by atoms with E-state index in [1.807, 2.05) is 12.3 Å². The van der Waals surface area contributed by atoms with Crippen LogP contribution in [0.2, 0.25) is 0 Å². The normalized spacial score (nSPS) is 19.3. The topological polar surface area (TPSA) is 56.5 Å². The van der Waals surface area contributed by atoms with Crippen molar-refractivity contribution in [1.29, 1.82) is 0 Å². The summed E-state index contributed by atoms with van der Waals surface area (Å²) in [4.78, 5) is 3.30. The van der Waals surface area contributed by atoms with Crippen LogP contribution in [0.15, 0.2) is 36.5 Å². The van der Waals surface area contributed by atoms with Crippen LogP contribution in [0, 0.1) is 0 Å². The van der Waals surface area contributed by atoms with Gasteiger partial charge in [-0.15, -0.1) is 0 Å². The third-order valence-corrected chi connectivity index (χ3v) is 3.90. The largest absolute Gasteiger partial charge is 0.360 e. The van der Waals surface area contributed by atoms with Crippen LogP contribution in [0.25, 0.3) is 22.2 Å². The summed E-state index contributed by atoms with van der Waals surface area (Å²) in [6.45, 7) is 1.10. The molecule has 0 amide bonds. The van der Waals surface area contributed by atoms with Crippen LogP contribution >= 0.6 is 0 Å². The van der Waals surface area contributed by atoms with Gasteiger partial charge in [0.1, 0.15) is 0 Å². The molecular weight excluding hydrogens is 236 g/mol. The van der Waals surface area contributed by atoms with Crippen molar-refractivity contribution in [3.05, 3.63) is 42.2 Å². The number of rotatable bonds is 2. The van der Waals surface area contributed by atoms with E-state index >= 15 is 0 Å². The van der Waals surface area contributed by atoms with Crippen LogP contribution in [-0.4, -0.2) is 21.7 Å². The standard InChI is InChI=1S/C15H16N4/c1-2-5-12-10(4-1)11(9-17-12)14-8-15(19-18-14)13-6-3-7-16-13/h1-2,4-5,8-9,13,16-17H,3,6-7H2,(H,18,19).